The molecule has 0 saturated heterocycles. The third kappa shape index (κ3) is 5.35. The number of non-ortho nitro benzene ring substituents is 1. The summed E-state index contributed by atoms with van der Waals surface area (Å²) in [5.74, 6) is -1.06. The van der Waals surface area contributed by atoms with Crippen molar-refractivity contribution in [3.63, 3.8) is 0 Å². The van der Waals surface area contributed by atoms with Crippen LogP contribution in [0.5, 0.6) is 17.2 Å². The molecule has 5 N–H and O–H groups in total. The van der Waals surface area contributed by atoms with Gasteiger partial charge in [-0.05, 0) is 24.3 Å². The van der Waals surface area contributed by atoms with Crippen LogP contribution >= 0.6 is 0 Å². The number of nitro groups is 1. The highest BCUT2D eigenvalue weighted by atomic mass is 16.6. The Morgan fingerprint density at radius 1 is 1.23 bits per heavy atom. The lowest BCUT2D eigenvalue weighted by Gasteiger charge is -2.12. The van der Waals surface area contributed by atoms with Gasteiger partial charge in [-0.1, -0.05) is 13.8 Å². The van der Waals surface area contributed by atoms with Gasteiger partial charge in [0.25, 0.3) is 11.6 Å². The number of nitrogens with one attached hydrogen (secondary N) is 1. The number of phenols is 2. The lowest BCUT2D eigenvalue weighted by Crippen LogP contribution is -2.16. The fourth-order valence-electron chi connectivity index (χ4n) is 1.92. The van der Waals surface area contributed by atoms with Gasteiger partial charge in [-0.2, -0.15) is 0 Å². The monoisotopic (exact) mass is 363 g/mol. The van der Waals surface area contributed by atoms with Gasteiger partial charge >= 0.3 is 0 Å². The largest absolute Gasteiger partial charge is 0.508 e. The van der Waals surface area contributed by atoms with E-state index in [-0.39, 0.29) is 41.6 Å². The number of benzene rings is 2. The number of hydrogen-bond acceptors (Lipinski definition) is 7. The predicted molar refractivity (Wildman–Crippen MR) is 96.7 cm³/mol. The molecule has 0 saturated carbocycles. The SMILES string of the molecule is CC.NCCOc1ccc(O)cc1C(=O)Nc1ccc([N+](=O)[O-])cc1O. The van der Waals surface area contributed by atoms with E-state index in [1.807, 2.05) is 13.8 Å². The molecule has 0 aliphatic carbocycles. The van der Waals surface area contributed by atoms with E-state index in [1.165, 1.54) is 24.3 Å². The van der Waals surface area contributed by atoms with Crippen molar-refractivity contribution in [2.24, 2.45) is 5.73 Å². The first-order valence-corrected chi connectivity index (χ1v) is 7.87. The molecule has 0 aliphatic rings. The highest BCUT2D eigenvalue weighted by Gasteiger charge is 2.17. The van der Waals surface area contributed by atoms with Crippen LogP contribution in [0.15, 0.2) is 36.4 Å². The molecule has 0 unspecified atom stereocenters. The maximum absolute atomic E-state index is 12.3. The Balaban J connectivity index is 0.00000163. The molecule has 0 aromatic heterocycles. The van der Waals surface area contributed by atoms with Crippen LogP contribution in [-0.2, 0) is 0 Å². The molecule has 0 bridgehead atoms. The third-order valence-corrected chi connectivity index (χ3v) is 3.02. The molecule has 2 aromatic carbocycles. The molecule has 0 spiro atoms. The molecular formula is C17H21N3O6. The second kappa shape index (κ2) is 9.84. The Labute approximate surface area is 150 Å². The van der Waals surface area contributed by atoms with E-state index in [1.54, 1.807) is 0 Å². The van der Waals surface area contributed by atoms with Gasteiger partial charge in [-0.15, -0.1) is 0 Å². The highest BCUT2D eigenvalue weighted by Crippen LogP contribution is 2.30. The first-order valence-electron chi connectivity index (χ1n) is 7.87. The molecule has 0 fully saturated rings. The Kier molecular flexibility index (Phi) is 7.84. The number of amides is 1. The summed E-state index contributed by atoms with van der Waals surface area (Å²) in [5.41, 5.74) is 5.05. The van der Waals surface area contributed by atoms with Crippen LogP contribution < -0.4 is 15.8 Å². The van der Waals surface area contributed by atoms with Gasteiger partial charge < -0.3 is 26.0 Å². The molecule has 2 aromatic rings. The smallest absolute Gasteiger partial charge is 0.273 e. The van der Waals surface area contributed by atoms with E-state index in [0.29, 0.717) is 0 Å². The molecule has 0 atom stereocenters. The summed E-state index contributed by atoms with van der Waals surface area (Å²) in [7, 11) is 0. The second-order valence-corrected chi connectivity index (χ2v) is 4.73. The van der Waals surface area contributed by atoms with Gasteiger partial charge in [0.1, 0.15) is 23.9 Å². The molecule has 0 aliphatic heterocycles. The lowest BCUT2D eigenvalue weighted by atomic mass is 10.1. The summed E-state index contributed by atoms with van der Waals surface area (Å²) in [5, 5.41) is 32.4. The average molecular weight is 363 g/mol. The minimum atomic E-state index is -0.667. The summed E-state index contributed by atoms with van der Waals surface area (Å²) in [6.45, 7) is 4.42. The number of phenolic OH excluding ortho intramolecular Hbond substituents is 2. The average Bonchev–Trinajstić information content (AvgIpc) is 2.63. The maximum atomic E-state index is 12.3. The van der Waals surface area contributed by atoms with Gasteiger partial charge in [0.2, 0.25) is 0 Å². The number of rotatable bonds is 6. The van der Waals surface area contributed by atoms with Crippen molar-refractivity contribution >= 4 is 17.3 Å². The number of carbonyl (C=O) groups is 1. The van der Waals surface area contributed by atoms with Crippen LogP contribution in [0.2, 0.25) is 0 Å². The van der Waals surface area contributed by atoms with Crippen LogP contribution in [0.25, 0.3) is 0 Å². The quantitative estimate of drug-likeness (QED) is 0.350. The number of anilines is 1. The Morgan fingerprint density at radius 2 is 1.92 bits per heavy atom. The fourth-order valence-corrected chi connectivity index (χ4v) is 1.92. The van der Waals surface area contributed by atoms with E-state index in [2.05, 4.69) is 5.32 Å². The van der Waals surface area contributed by atoms with Gasteiger partial charge in [0.15, 0.2) is 0 Å². The van der Waals surface area contributed by atoms with Crippen molar-refractivity contribution in [3.8, 4) is 17.2 Å². The summed E-state index contributed by atoms with van der Waals surface area (Å²) < 4.78 is 5.33. The number of ether oxygens (including phenoxy) is 1. The van der Waals surface area contributed by atoms with Crippen LogP contribution in [0.1, 0.15) is 24.2 Å². The molecular weight excluding hydrogens is 342 g/mol. The number of hydrogen-bond donors (Lipinski definition) is 4. The maximum Gasteiger partial charge on any atom is 0.273 e. The normalized spacial score (nSPS) is 9.65. The Bertz CT molecular complexity index is 779. The van der Waals surface area contributed by atoms with Crippen molar-refractivity contribution < 1.29 is 24.7 Å². The first-order chi connectivity index (χ1) is 12.4. The van der Waals surface area contributed by atoms with E-state index in [4.69, 9.17) is 10.5 Å². The zero-order valence-electron chi connectivity index (χ0n) is 14.4. The predicted octanol–water partition coefficient (Wildman–Crippen LogP) is 2.62. The fraction of sp³-hybridized carbons (Fsp3) is 0.235. The third-order valence-electron chi connectivity index (χ3n) is 3.02. The van der Waals surface area contributed by atoms with Crippen molar-refractivity contribution in [1.29, 1.82) is 0 Å². The number of nitrogens with two attached hydrogens (primary N) is 1. The highest BCUT2D eigenvalue weighted by molar-refractivity contribution is 6.07. The van der Waals surface area contributed by atoms with Gasteiger partial charge in [-0.3, -0.25) is 14.9 Å². The lowest BCUT2D eigenvalue weighted by molar-refractivity contribution is -0.384. The van der Waals surface area contributed by atoms with Gasteiger partial charge in [0.05, 0.1) is 22.2 Å². The van der Waals surface area contributed by atoms with Crippen LogP contribution in [-0.4, -0.2) is 34.2 Å². The van der Waals surface area contributed by atoms with Crippen LogP contribution in [0, 0.1) is 10.1 Å². The molecule has 1 amide bonds. The van der Waals surface area contributed by atoms with Crippen LogP contribution in [0.4, 0.5) is 11.4 Å². The second-order valence-electron chi connectivity index (χ2n) is 4.73. The minimum Gasteiger partial charge on any atom is -0.508 e. The van der Waals surface area contributed by atoms with E-state index >= 15 is 0 Å². The van der Waals surface area contributed by atoms with E-state index in [0.717, 1.165) is 12.1 Å². The topological polar surface area (TPSA) is 148 Å². The van der Waals surface area contributed by atoms with Crippen LogP contribution in [0.3, 0.4) is 0 Å². The minimum absolute atomic E-state index is 0.0151. The summed E-state index contributed by atoms with van der Waals surface area (Å²) in [6.07, 6.45) is 0. The molecule has 2 rings (SSSR count). The summed E-state index contributed by atoms with van der Waals surface area (Å²) in [6, 6.07) is 7.23. The number of aromatic hydroxyl groups is 2. The van der Waals surface area contributed by atoms with Crippen molar-refractivity contribution in [2.45, 2.75) is 13.8 Å². The molecule has 9 heteroatoms. The van der Waals surface area contributed by atoms with Crippen molar-refractivity contribution in [2.75, 3.05) is 18.5 Å². The van der Waals surface area contributed by atoms with Crippen molar-refractivity contribution in [1.82, 2.24) is 0 Å². The first kappa shape index (κ1) is 20.7. The van der Waals surface area contributed by atoms with Gasteiger partial charge in [-0.25, -0.2) is 0 Å². The molecule has 26 heavy (non-hydrogen) atoms. The number of carbonyl (C=O) groups excluding carboxylic acids is 1. The summed E-state index contributed by atoms with van der Waals surface area (Å²) in [4.78, 5) is 22.3. The van der Waals surface area contributed by atoms with Crippen molar-refractivity contribution in [3.05, 3.63) is 52.1 Å². The van der Waals surface area contributed by atoms with E-state index in [9.17, 15) is 25.1 Å². The van der Waals surface area contributed by atoms with Gasteiger partial charge in [0, 0.05) is 12.6 Å². The molecule has 9 nitrogen and oxygen atoms in total. The zero-order chi connectivity index (χ0) is 19.7. The summed E-state index contributed by atoms with van der Waals surface area (Å²) >= 11 is 0. The Morgan fingerprint density at radius 3 is 2.50 bits per heavy atom. The molecule has 0 radical (unpaired) electrons. The van der Waals surface area contributed by atoms with E-state index < -0.39 is 16.6 Å². The zero-order valence-corrected chi connectivity index (χ0v) is 14.4. The molecule has 140 valence electrons. The number of nitro benzene ring substituents is 1. The number of nitrogens with zero attached hydrogens (tertiary/aromatic N) is 1. The standard InChI is InChI=1S/C15H15N3O6.C2H6/c16-5-6-24-14-4-2-10(19)8-11(14)15(21)17-12-3-1-9(18(22)23)7-13(12)20;1-2/h1-4,7-8,19-20H,5-6,16H2,(H,17,21);1-2H3. The molecule has 0 heterocycles. The Hall–Kier alpha value is -3.33.